The Morgan fingerprint density at radius 2 is 1.67 bits per heavy atom. The van der Waals surface area contributed by atoms with Crippen LogP contribution in [0.5, 0.6) is 11.5 Å². The number of esters is 1. The Labute approximate surface area is 122 Å². The smallest absolute Gasteiger partial charge is 0.310 e. The molecule has 5 nitrogen and oxygen atoms in total. The zero-order valence-electron chi connectivity index (χ0n) is 11.5. The van der Waals surface area contributed by atoms with Gasteiger partial charge in [0.2, 0.25) is 0 Å². The molecule has 1 amide bonds. The fourth-order valence-electron chi connectivity index (χ4n) is 1.63. The third-order valence-corrected chi connectivity index (χ3v) is 2.76. The van der Waals surface area contributed by atoms with Gasteiger partial charge in [-0.25, -0.2) is 0 Å². The van der Waals surface area contributed by atoms with E-state index in [-0.39, 0.29) is 17.6 Å². The maximum atomic E-state index is 12.0. The van der Waals surface area contributed by atoms with E-state index >= 15 is 0 Å². The molecule has 108 valence electrons. The van der Waals surface area contributed by atoms with Gasteiger partial charge >= 0.3 is 5.97 Å². The number of carbonyl (C=O) groups is 2. The van der Waals surface area contributed by atoms with Crippen molar-refractivity contribution in [1.29, 1.82) is 0 Å². The molecule has 2 aromatic carbocycles. The van der Waals surface area contributed by atoms with Gasteiger partial charge in [-0.15, -0.1) is 0 Å². The summed E-state index contributed by atoms with van der Waals surface area (Å²) in [5.41, 5.74) is 1.03. The minimum absolute atomic E-state index is 0.134. The lowest BCUT2D eigenvalue weighted by Crippen LogP contribution is -2.12. The van der Waals surface area contributed by atoms with Gasteiger partial charge in [0.25, 0.3) is 5.91 Å². The van der Waals surface area contributed by atoms with Crippen LogP contribution in [0.15, 0.2) is 48.5 Å². The Morgan fingerprint density at radius 3 is 2.24 bits per heavy atom. The number of phenolic OH excluding ortho intramolecular Hbond substituents is 1. The van der Waals surface area contributed by atoms with Crippen molar-refractivity contribution in [3.8, 4) is 11.5 Å². The van der Waals surface area contributed by atoms with Crippen LogP contribution in [-0.4, -0.2) is 17.0 Å². The van der Waals surface area contributed by atoms with Gasteiger partial charge in [-0.05, 0) is 48.5 Å². The number of ether oxygens (including phenoxy) is 1. The Kier molecular flexibility index (Phi) is 4.56. The minimum atomic E-state index is -0.323. The third-order valence-electron chi connectivity index (χ3n) is 2.76. The number of hydrogen-bond donors (Lipinski definition) is 2. The number of amides is 1. The highest BCUT2D eigenvalue weighted by atomic mass is 16.5. The molecule has 5 heteroatoms. The highest BCUT2D eigenvalue weighted by Crippen LogP contribution is 2.16. The number of carbonyl (C=O) groups excluding carboxylic acids is 2. The summed E-state index contributed by atoms with van der Waals surface area (Å²) in [6.45, 7) is 1.71. The zero-order chi connectivity index (χ0) is 15.2. The normalized spacial score (nSPS) is 9.95. The average Bonchev–Trinajstić information content (AvgIpc) is 2.50. The molecule has 2 N–H and O–H groups in total. The predicted molar refractivity (Wildman–Crippen MR) is 78.4 cm³/mol. The van der Waals surface area contributed by atoms with Gasteiger partial charge in [0.05, 0.1) is 0 Å². The van der Waals surface area contributed by atoms with Crippen molar-refractivity contribution in [1.82, 2.24) is 0 Å². The van der Waals surface area contributed by atoms with Gasteiger partial charge in [-0.2, -0.15) is 0 Å². The first-order chi connectivity index (χ1) is 10.1. The van der Waals surface area contributed by atoms with Gasteiger partial charge in [0, 0.05) is 17.7 Å². The SMILES string of the molecule is CCC(=O)Oc1ccc(C(=O)Nc2ccc(O)cc2)cc1. The summed E-state index contributed by atoms with van der Waals surface area (Å²) in [4.78, 5) is 23.2. The first kappa shape index (κ1) is 14.6. The number of phenols is 1. The fourth-order valence-corrected chi connectivity index (χ4v) is 1.63. The van der Waals surface area contributed by atoms with E-state index in [9.17, 15) is 14.7 Å². The quantitative estimate of drug-likeness (QED) is 0.514. The number of nitrogens with one attached hydrogen (secondary N) is 1. The Balaban J connectivity index is 2.02. The van der Waals surface area contributed by atoms with Crippen LogP contribution < -0.4 is 10.1 Å². The van der Waals surface area contributed by atoms with Crippen molar-refractivity contribution in [2.45, 2.75) is 13.3 Å². The second-order valence-electron chi connectivity index (χ2n) is 4.35. The van der Waals surface area contributed by atoms with Gasteiger partial charge in [-0.1, -0.05) is 6.92 Å². The number of anilines is 1. The van der Waals surface area contributed by atoms with Crippen LogP contribution >= 0.6 is 0 Å². The van der Waals surface area contributed by atoms with Crippen molar-refractivity contribution >= 4 is 17.6 Å². The average molecular weight is 285 g/mol. The largest absolute Gasteiger partial charge is 0.508 e. The molecule has 2 rings (SSSR count). The second-order valence-corrected chi connectivity index (χ2v) is 4.35. The molecule has 0 fully saturated rings. The topological polar surface area (TPSA) is 75.6 Å². The van der Waals surface area contributed by atoms with Crippen molar-refractivity contribution < 1.29 is 19.4 Å². The molecule has 0 bridgehead atoms. The Hall–Kier alpha value is -2.82. The lowest BCUT2D eigenvalue weighted by Gasteiger charge is -2.06. The van der Waals surface area contributed by atoms with E-state index < -0.39 is 0 Å². The van der Waals surface area contributed by atoms with Crippen LogP contribution in [0.3, 0.4) is 0 Å². The maximum absolute atomic E-state index is 12.0. The van der Waals surface area contributed by atoms with E-state index in [1.165, 1.54) is 12.1 Å². The molecular formula is C16H15NO4. The lowest BCUT2D eigenvalue weighted by molar-refractivity contribution is -0.134. The summed E-state index contributed by atoms with van der Waals surface area (Å²) < 4.78 is 5.03. The monoisotopic (exact) mass is 285 g/mol. The first-order valence-electron chi connectivity index (χ1n) is 6.49. The maximum Gasteiger partial charge on any atom is 0.310 e. The number of rotatable bonds is 4. The van der Waals surface area contributed by atoms with E-state index in [1.807, 2.05) is 0 Å². The van der Waals surface area contributed by atoms with Crippen LogP contribution in [0, 0.1) is 0 Å². The van der Waals surface area contributed by atoms with E-state index in [0.29, 0.717) is 23.4 Å². The zero-order valence-corrected chi connectivity index (χ0v) is 11.5. The molecule has 0 heterocycles. The Bertz CT molecular complexity index is 632. The molecule has 21 heavy (non-hydrogen) atoms. The molecule has 0 unspecified atom stereocenters. The molecule has 0 spiro atoms. The standard InChI is InChI=1S/C16H15NO4/c1-2-15(19)21-14-9-3-11(4-10-14)16(20)17-12-5-7-13(18)8-6-12/h3-10,18H,2H2,1H3,(H,17,20). The highest BCUT2D eigenvalue weighted by Gasteiger charge is 2.07. The fraction of sp³-hybridized carbons (Fsp3) is 0.125. The molecule has 0 aromatic heterocycles. The summed E-state index contributed by atoms with van der Waals surface area (Å²) in [6.07, 6.45) is 0.295. The molecular weight excluding hydrogens is 270 g/mol. The van der Waals surface area contributed by atoms with Gasteiger partial charge in [-0.3, -0.25) is 9.59 Å². The number of benzene rings is 2. The minimum Gasteiger partial charge on any atom is -0.508 e. The summed E-state index contributed by atoms with van der Waals surface area (Å²) in [5, 5.41) is 11.9. The van der Waals surface area contributed by atoms with Crippen LogP contribution in [0.1, 0.15) is 23.7 Å². The molecule has 2 aromatic rings. The van der Waals surface area contributed by atoms with Crippen molar-refractivity contribution in [3.05, 3.63) is 54.1 Å². The van der Waals surface area contributed by atoms with Gasteiger partial charge in [0.15, 0.2) is 0 Å². The molecule has 0 radical (unpaired) electrons. The summed E-state index contributed by atoms with van der Waals surface area (Å²) in [6, 6.07) is 12.5. The first-order valence-corrected chi connectivity index (χ1v) is 6.49. The number of hydrogen-bond acceptors (Lipinski definition) is 4. The van der Waals surface area contributed by atoms with Crippen LogP contribution in [0.2, 0.25) is 0 Å². The second kappa shape index (κ2) is 6.56. The van der Waals surface area contributed by atoms with Crippen molar-refractivity contribution in [2.75, 3.05) is 5.32 Å². The van der Waals surface area contributed by atoms with Crippen LogP contribution in [0.25, 0.3) is 0 Å². The summed E-state index contributed by atoms with van der Waals surface area (Å²) >= 11 is 0. The summed E-state index contributed by atoms with van der Waals surface area (Å²) in [7, 11) is 0. The Morgan fingerprint density at radius 1 is 1.05 bits per heavy atom. The van der Waals surface area contributed by atoms with E-state index in [0.717, 1.165) is 0 Å². The van der Waals surface area contributed by atoms with Crippen LogP contribution in [0.4, 0.5) is 5.69 Å². The molecule has 0 saturated heterocycles. The van der Waals surface area contributed by atoms with Crippen molar-refractivity contribution in [3.63, 3.8) is 0 Å². The lowest BCUT2D eigenvalue weighted by atomic mass is 10.2. The molecule has 0 aliphatic rings. The molecule has 0 saturated carbocycles. The van der Waals surface area contributed by atoms with Crippen LogP contribution in [-0.2, 0) is 4.79 Å². The molecule has 0 atom stereocenters. The van der Waals surface area contributed by atoms with E-state index in [2.05, 4.69) is 5.32 Å². The number of aromatic hydroxyl groups is 1. The summed E-state index contributed by atoms with van der Waals surface area (Å²) in [5.74, 6) is -0.0662. The van der Waals surface area contributed by atoms with E-state index in [4.69, 9.17) is 4.74 Å². The van der Waals surface area contributed by atoms with E-state index in [1.54, 1.807) is 43.3 Å². The molecule has 0 aliphatic heterocycles. The molecule has 0 aliphatic carbocycles. The third kappa shape index (κ3) is 4.07. The highest BCUT2D eigenvalue weighted by molar-refractivity contribution is 6.04. The van der Waals surface area contributed by atoms with Crippen molar-refractivity contribution in [2.24, 2.45) is 0 Å². The van der Waals surface area contributed by atoms with Gasteiger partial charge < -0.3 is 15.2 Å². The van der Waals surface area contributed by atoms with Gasteiger partial charge in [0.1, 0.15) is 11.5 Å². The predicted octanol–water partition coefficient (Wildman–Crippen LogP) is 2.96.